The average Bonchev–Trinajstić information content (AvgIpc) is 3.35. The zero-order valence-corrected chi connectivity index (χ0v) is 24.6. The third kappa shape index (κ3) is 7.48. The lowest BCUT2D eigenvalue weighted by atomic mass is 9.87. The molecule has 0 bridgehead atoms. The van der Waals surface area contributed by atoms with Crippen LogP contribution in [0.1, 0.15) is 36.7 Å². The monoisotopic (exact) mass is 622 g/mol. The summed E-state index contributed by atoms with van der Waals surface area (Å²) in [5.74, 6) is -0.00870. The number of aromatic nitrogens is 2. The van der Waals surface area contributed by atoms with Crippen LogP contribution < -0.4 is 0 Å². The first-order valence-corrected chi connectivity index (χ1v) is 14.3. The van der Waals surface area contributed by atoms with E-state index in [0.29, 0.717) is 45.7 Å². The van der Waals surface area contributed by atoms with E-state index in [1.807, 2.05) is 53.3 Å². The maximum Gasteiger partial charge on any atom is 0.416 e. The fourth-order valence-corrected chi connectivity index (χ4v) is 5.57. The Hall–Kier alpha value is -4.07. The number of rotatable bonds is 8. The summed E-state index contributed by atoms with van der Waals surface area (Å²) in [5.41, 5.74) is 4.76. The fourth-order valence-electron chi connectivity index (χ4n) is 5.06. The normalized spacial score (nSPS) is 15.4. The van der Waals surface area contributed by atoms with Gasteiger partial charge >= 0.3 is 12.1 Å². The van der Waals surface area contributed by atoms with E-state index in [2.05, 4.69) is 6.92 Å². The van der Waals surface area contributed by atoms with Crippen LogP contribution in [0, 0.1) is 5.92 Å². The average molecular weight is 624 g/mol. The minimum Gasteiger partial charge on any atom is -0.481 e. The van der Waals surface area contributed by atoms with Crippen molar-refractivity contribution in [3.05, 3.63) is 123 Å². The third-order valence-electron chi connectivity index (χ3n) is 7.34. The highest BCUT2D eigenvalue weighted by molar-refractivity contribution is 6.36. The quantitative estimate of drug-likeness (QED) is 0.213. The molecule has 1 unspecified atom stereocenters. The molecule has 5 rings (SSSR count). The molecule has 0 aliphatic heterocycles. The van der Waals surface area contributed by atoms with Gasteiger partial charge in [0.05, 0.1) is 22.7 Å². The molecule has 220 valence electrons. The SMILES string of the molecule is CC1CC(CC(=O)O)=CC=C1Cn1cc(-c2ccc(Cl)cc2Cl)nc1/C=C/c1ccc(-c2cccc(C(F)(F)F)c2)cc1. The summed E-state index contributed by atoms with van der Waals surface area (Å²) < 4.78 is 41.5. The molecule has 0 radical (unpaired) electrons. The highest BCUT2D eigenvalue weighted by Gasteiger charge is 2.30. The number of hydrogen-bond donors (Lipinski definition) is 1. The van der Waals surface area contributed by atoms with E-state index in [0.717, 1.165) is 34.4 Å². The van der Waals surface area contributed by atoms with Crippen LogP contribution in [0.2, 0.25) is 10.0 Å². The van der Waals surface area contributed by atoms with E-state index < -0.39 is 17.7 Å². The first-order chi connectivity index (χ1) is 20.5. The lowest BCUT2D eigenvalue weighted by molar-refractivity contribution is -0.138. The van der Waals surface area contributed by atoms with Crippen molar-refractivity contribution in [1.29, 1.82) is 0 Å². The molecule has 1 heterocycles. The van der Waals surface area contributed by atoms with Crippen LogP contribution in [0.3, 0.4) is 0 Å². The number of benzene rings is 3. The molecular formula is C34H27Cl2F3N2O2. The number of alkyl halides is 3. The molecule has 1 aliphatic rings. The molecule has 0 fully saturated rings. The van der Waals surface area contributed by atoms with E-state index in [9.17, 15) is 18.0 Å². The molecule has 0 saturated carbocycles. The Kier molecular flexibility index (Phi) is 8.95. The Morgan fingerprint density at radius 1 is 1.02 bits per heavy atom. The van der Waals surface area contributed by atoms with Crippen molar-refractivity contribution in [3.63, 3.8) is 0 Å². The van der Waals surface area contributed by atoms with Crippen LogP contribution in [-0.2, 0) is 17.5 Å². The second kappa shape index (κ2) is 12.7. The van der Waals surface area contributed by atoms with E-state index in [4.69, 9.17) is 33.3 Å². The topological polar surface area (TPSA) is 55.1 Å². The summed E-state index contributed by atoms with van der Waals surface area (Å²) in [7, 11) is 0. The number of nitrogens with zero attached hydrogens (tertiary/aromatic N) is 2. The summed E-state index contributed by atoms with van der Waals surface area (Å²) in [4.78, 5) is 16.0. The zero-order valence-electron chi connectivity index (χ0n) is 23.1. The van der Waals surface area contributed by atoms with Crippen molar-refractivity contribution in [1.82, 2.24) is 9.55 Å². The Bertz CT molecular complexity index is 1750. The Morgan fingerprint density at radius 2 is 1.79 bits per heavy atom. The van der Waals surface area contributed by atoms with Gasteiger partial charge in [0, 0.05) is 23.3 Å². The Morgan fingerprint density at radius 3 is 2.47 bits per heavy atom. The Labute approximate surface area is 257 Å². The first kappa shape index (κ1) is 30.4. The van der Waals surface area contributed by atoms with Gasteiger partial charge < -0.3 is 9.67 Å². The summed E-state index contributed by atoms with van der Waals surface area (Å²) in [6.45, 7) is 2.63. The lowest BCUT2D eigenvalue weighted by Crippen LogP contribution is -2.13. The van der Waals surface area contributed by atoms with Crippen LogP contribution >= 0.6 is 23.2 Å². The maximum atomic E-state index is 13.2. The second-order valence-electron chi connectivity index (χ2n) is 10.5. The summed E-state index contributed by atoms with van der Waals surface area (Å²) in [5, 5.41) is 10.2. The minimum atomic E-state index is -4.40. The predicted molar refractivity (Wildman–Crippen MR) is 166 cm³/mol. The highest BCUT2D eigenvalue weighted by atomic mass is 35.5. The van der Waals surface area contributed by atoms with Gasteiger partial charge in [-0.2, -0.15) is 13.2 Å². The first-order valence-electron chi connectivity index (χ1n) is 13.5. The van der Waals surface area contributed by atoms with Crippen molar-refractivity contribution in [3.8, 4) is 22.4 Å². The molecular weight excluding hydrogens is 596 g/mol. The number of allylic oxidation sites excluding steroid dienone is 3. The second-order valence-corrected chi connectivity index (χ2v) is 11.4. The van der Waals surface area contributed by atoms with Crippen molar-refractivity contribution in [2.24, 2.45) is 5.92 Å². The minimum absolute atomic E-state index is 0.0267. The van der Waals surface area contributed by atoms with Gasteiger partial charge in [0.1, 0.15) is 5.82 Å². The smallest absolute Gasteiger partial charge is 0.416 e. The molecule has 1 N–H and O–H groups in total. The maximum absolute atomic E-state index is 13.2. The van der Waals surface area contributed by atoms with Gasteiger partial charge in [-0.15, -0.1) is 0 Å². The van der Waals surface area contributed by atoms with E-state index in [1.165, 1.54) is 6.07 Å². The summed E-state index contributed by atoms with van der Waals surface area (Å²) >= 11 is 12.6. The number of imidazole rings is 1. The lowest BCUT2D eigenvalue weighted by Gasteiger charge is -2.22. The van der Waals surface area contributed by atoms with Crippen molar-refractivity contribution >= 4 is 41.3 Å². The predicted octanol–water partition coefficient (Wildman–Crippen LogP) is 10.1. The number of carboxylic acids is 1. The summed E-state index contributed by atoms with van der Waals surface area (Å²) in [6, 6.07) is 17.8. The van der Waals surface area contributed by atoms with Crippen LogP contribution in [0.15, 0.2) is 96.2 Å². The summed E-state index contributed by atoms with van der Waals surface area (Å²) in [6.07, 6.45) is 5.87. The number of aliphatic carboxylic acids is 1. The molecule has 3 aromatic carbocycles. The molecule has 0 saturated heterocycles. The molecule has 4 aromatic rings. The molecule has 4 nitrogen and oxygen atoms in total. The van der Waals surface area contributed by atoms with Gasteiger partial charge in [-0.05, 0) is 71.0 Å². The van der Waals surface area contributed by atoms with Crippen LogP contribution in [-0.4, -0.2) is 20.6 Å². The number of carboxylic acid groups (broad SMARTS) is 1. The molecule has 0 spiro atoms. The van der Waals surface area contributed by atoms with Crippen LogP contribution in [0.25, 0.3) is 34.5 Å². The molecule has 1 atom stereocenters. The van der Waals surface area contributed by atoms with Gasteiger partial charge in [0.25, 0.3) is 0 Å². The third-order valence-corrected chi connectivity index (χ3v) is 7.89. The van der Waals surface area contributed by atoms with Crippen molar-refractivity contribution in [2.75, 3.05) is 0 Å². The van der Waals surface area contributed by atoms with E-state index in [-0.39, 0.29) is 12.3 Å². The van der Waals surface area contributed by atoms with Gasteiger partial charge in [-0.25, -0.2) is 4.98 Å². The standard InChI is InChI=1S/C34H27Cl2F3N2O2/c1-21-15-23(16-33(42)43)7-11-26(21)19-41-20-31(29-13-12-28(35)18-30(29)36)40-32(41)14-8-22-5-9-24(10-6-22)25-3-2-4-27(17-25)34(37,38)39/h2-14,17-18,20-21H,15-16,19H2,1H3,(H,42,43)/b14-8+. The molecule has 0 amide bonds. The molecule has 43 heavy (non-hydrogen) atoms. The Balaban J connectivity index is 1.44. The van der Waals surface area contributed by atoms with Crippen molar-refractivity contribution in [2.45, 2.75) is 32.5 Å². The van der Waals surface area contributed by atoms with Gasteiger partial charge in [0.15, 0.2) is 0 Å². The number of halogens is 5. The molecule has 9 heteroatoms. The molecule has 1 aliphatic carbocycles. The fraction of sp³-hybridized carbons (Fsp3) is 0.176. The number of hydrogen-bond acceptors (Lipinski definition) is 2. The van der Waals surface area contributed by atoms with Gasteiger partial charge in [0.2, 0.25) is 0 Å². The zero-order chi connectivity index (χ0) is 30.7. The van der Waals surface area contributed by atoms with Crippen LogP contribution in [0.4, 0.5) is 13.2 Å². The number of carbonyl (C=O) groups is 1. The van der Waals surface area contributed by atoms with Crippen molar-refractivity contribution < 1.29 is 23.1 Å². The largest absolute Gasteiger partial charge is 0.481 e. The van der Waals surface area contributed by atoms with E-state index >= 15 is 0 Å². The van der Waals surface area contributed by atoms with Gasteiger partial charge in [-0.1, -0.05) is 90.3 Å². The van der Waals surface area contributed by atoms with Crippen LogP contribution in [0.5, 0.6) is 0 Å². The molecule has 1 aromatic heterocycles. The van der Waals surface area contributed by atoms with Gasteiger partial charge in [-0.3, -0.25) is 4.79 Å². The highest BCUT2D eigenvalue weighted by Crippen LogP contribution is 2.34. The van der Waals surface area contributed by atoms with E-state index in [1.54, 1.807) is 30.3 Å².